The highest BCUT2D eigenvalue weighted by Crippen LogP contribution is 2.63. The minimum atomic E-state index is 0.683. The zero-order valence-electron chi connectivity index (χ0n) is 16.6. The monoisotopic (exact) mass is 332 g/mol. The van der Waals surface area contributed by atoms with E-state index in [1.165, 1.54) is 71.1 Å². The van der Waals surface area contributed by atoms with Crippen LogP contribution in [0.1, 0.15) is 72.6 Å². The van der Waals surface area contributed by atoms with Gasteiger partial charge in [0.05, 0.1) is 0 Å². The Morgan fingerprint density at radius 3 is 2.33 bits per heavy atom. The van der Waals surface area contributed by atoms with E-state index in [1.807, 2.05) is 0 Å². The standard InChI is InChI=1S/C22H40N2/c1-16(2)18-11-21(12-18)9-10-23-13-20(21)19-7-5-6-8-22(19)14-24(15-22)17(3)4/h16-20,23H,5-15H2,1-4H3. The molecule has 0 bridgehead atoms. The van der Waals surface area contributed by atoms with Gasteiger partial charge in [0.1, 0.15) is 0 Å². The second-order valence-corrected chi connectivity index (χ2v) is 10.5. The number of piperidine rings is 1. The third-order valence-corrected chi connectivity index (χ3v) is 8.71. The van der Waals surface area contributed by atoms with Gasteiger partial charge in [-0.1, -0.05) is 26.7 Å². The van der Waals surface area contributed by atoms with E-state index in [0.29, 0.717) is 10.8 Å². The van der Waals surface area contributed by atoms with Crippen molar-refractivity contribution in [2.45, 2.75) is 78.7 Å². The lowest BCUT2D eigenvalue weighted by molar-refractivity contribution is -0.157. The van der Waals surface area contributed by atoms with E-state index in [-0.39, 0.29) is 0 Å². The van der Waals surface area contributed by atoms with Crippen LogP contribution in [0.4, 0.5) is 0 Å². The first-order valence-electron chi connectivity index (χ1n) is 10.9. The van der Waals surface area contributed by atoms with Crippen LogP contribution in [0.25, 0.3) is 0 Å². The summed E-state index contributed by atoms with van der Waals surface area (Å²) in [5.41, 5.74) is 1.40. The number of nitrogens with one attached hydrogen (secondary N) is 1. The zero-order chi connectivity index (χ0) is 16.9. The lowest BCUT2D eigenvalue weighted by atomic mass is 9.44. The highest BCUT2D eigenvalue weighted by molar-refractivity contribution is 5.10. The first-order chi connectivity index (χ1) is 11.5. The van der Waals surface area contributed by atoms with Crippen molar-refractivity contribution < 1.29 is 0 Å². The first kappa shape index (κ1) is 17.3. The Morgan fingerprint density at radius 2 is 1.67 bits per heavy atom. The smallest absolute Gasteiger partial charge is 0.00560 e. The SMILES string of the molecule is CC(C)C1CC2(CCNCC2C2CCCCC23CN(C(C)C)C3)C1. The second kappa shape index (κ2) is 6.27. The van der Waals surface area contributed by atoms with Gasteiger partial charge in [-0.3, -0.25) is 4.90 Å². The summed E-state index contributed by atoms with van der Waals surface area (Å²) >= 11 is 0. The molecule has 0 aromatic carbocycles. The summed E-state index contributed by atoms with van der Waals surface area (Å²) in [5, 5.41) is 3.81. The lowest BCUT2D eigenvalue weighted by Gasteiger charge is -2.65. The maximum Gasteiger partial charge on any atom is 0.00560 e. The van der Waals surface area contributed by atoms with E-state index >= 15 is 0 Å². The normalized spacial score (nSPS) is 42.5. The van der Waals surface area contributed by atoms with Crippen LogP contribution in [0.2, 0.25) is 0 Å². The quantitative estimate of drug-likeness (QED) is 0.815. The fourth-order valence-electron chi connectivity index (χ4n) is 7.01. The van der Waals surface area contributed by atoms with Crippen molar-refractivity contribution >= 4 is 0 Å². The molecule has 2 heterocycles. The number of nitrogens with zero attached hydrogens (tertiary/aromatic N) is 1. The lowest BCUT2D eigenvalue weighted by Crippen LogP contribution is -2.67. The Morgan fingerprint density at radius 1 is 0.917 bits per heavy atom. The number of likely N-dealkylation sites (tertiary alicyclic amines) is 1. The third kappa shape index (κ3) is 2.67. The molecule has 2 heteroatoms. The Balaban J connectivity index is 1.52. The average Bonchev–Trinajstić information content (AvgIpc) is 2.49. The summed E-state index contributed by atoms with van der Waals surface area (Å²) < 4.78 is 0. The van der Waals surface area contributed by atoms with Crippen molar-refractivity contribution in [1.82, 2.24) is 10.2 Å². The van der Waals surface area contributed by atoms with Crippen molar-refractivity contribution in [3.8, 4) is 0 Å². The fraction of sp³-hybridized carbons (Fsp3) is 1.00. The molecule has 2 saturated heterocycles. The molecule has 4 rings (SSSR count). The molecule has 0 aromatic rings. The van der Waals surface area contributed by atoms with Gasteiger partial charge in [0.25, 0.3) is 0 Å². The van der Waals surface area contributed by atoms with Gasteiger partial charge in [-0.2, -0.15) is 0 Å². The van der Waals surface area contributed by atoms with Gasteiger partial charge >= 0.3 is 0 Å². The molecular formula is C22H40N2. The van der Waals surface area contributed by atoms with Gasteiger partial charge in [0, 0.05) is 19.1 Å². The van der Waals surface area contributed by atoms with Crippen LogP contribution in [-0.4, -0.2) is 37.1 Å². The summed E-state index contributed by atoms with van der Waals surface area (Å²) in [6.07, 6.45) is 10.6. The zero-order valence-corrected chi connectivity index (χ0v) is 16.6. The maximum absolute atomic E-state index is 3.81. The van der Waals surface area contributed by atoms with Crippen molar-refractivity contribution in [3.05, 3.63) is 0 Å². The molecule has 4 fully saturated rings. The third-order valence-electron chi connectivity index (χ3n) is 8.71. The molecule has 2 aliphatic carbocycles. The minimum absolute atomic E-state index is 0.683. The molecule has 4 aliphatic rings. The summed E-state index contributed by atoms with van der Waals surface area (Å²) in [5.74, 6) is 3.88. The van der Waals surface area contributed by atoms with Crippen LogP contribution in [0.5, 0.6) is 0 Å². The predicted octanol–water partition coefficient (Wildman–Crippen LogP) is 4.55. The number of rotatable bonds is 3. The summed E-state index contributed by atoms with van der Waals surface area (Å²) in [4.78, 5) is 2.74. The topological polar surface area (TPSA) is 15.3 Å². The molecule has 1 N–H and O–H groups in total. The van der Waals surface area contributed by atoms with E-state index in [9.17, 15) is 0 Å². The molecule has 2 spiro atoms. The maximum atomic E-state index is 3.81. The molecule has 2 nitrogen and oxygen atoms in total. The van der Waals surface area contributed by atoms with Gasteiger partial charge in [0.2, 0.25) is 0 Å². The van der Waals surface area contributed by atoms with Gasteiger partial charge < -0.3 is 5.32 Å². The van der Waals surface area contributed by atoms with Gasteiger partial charge in [-0.05, 0) is 93.5 Å². The second-order valence-electron chi connectivity index (χ2n) is 10.5. The summed E-state index contributed by atoms with van der Waals surface area (Å²) in [6, 6.07) is 0.741. The first-order valence-corrected chi connectivity index (χ1v) is 10.9. The minimum Gasteiger partial charge on any atom is -0.316 e. The predicted molar refractivity (Wildman–Crippen MR) is 102 cm³/mol. The van der Waals surface area contributed by atoms with Crippen molar-refractivity contribution in [3.63, 3.8) is 0 Å². The van der Waals surface area contributed by atoms with Crippen LogP contribution >= 0.6 is 0 Å². The van der Waals surface area contributed by atoms with Gasteiger partial charge in [-0.15, -0.1) is 0 Å². The summed E-state index contributed by atoms with van der Waals surface area (Å²) in [7, 11) is 0. The molecule has 2 aliphatic heterocycles. The van der Waals surface area contributed by atoms with Crippen molar-refractivity contribution in [2.24, 2.45) is 34.5 Å². The molecule has 2 unspecified atom stereocenters. The van der Waals surface area contributed by atoms with Crippen LogP contribution in [0.15, 0.2) is 0 Å². The van der Waals surface area contributed by atoms with Crippen molar-refractivity contribution in [1.29, 1.82) is 0 Å². The van der Waals surface area contributed by atoms with E-state index in [2.05, 4.69) is 37.9 Å². The molecule has 0 amide bonds. The molecule has 2 saturated carbocycles. The van der Waals surface area contributed by atoms with E-state index in [1.54, 1.807) is 0 Å². The van der Waals surface area contributed by atoms with E-state index in [0.717, 1.165) is 29.7 Å². The molecule has 0 aromatic heterocycles. The largest absolute Gasteiger partial charge is 0.316 e. The Bertz CT molecular complexity index is 401. The number of hydrogen-bond donors (Lipinski definition) is 1. The van der Waals surface area contributed by atoms with Crippen LogP contribution in [-0.2, 0) is 0 Å². The average molecular weight is 333 g/mol. The van der Waals surface area contributed by atoms with Gasteiger partial charge in [-0.25, -0.2) is 0 Å². The number of hydrogen-bond acceptors (Lipinski definition) is 2. The van der Waals surface area contributed by atoms with E-state index in [4.69, 9.17) is 0 Å². The molecule has 24 heavy (non-hydrogen) atoms. The Kier molecular flexibility index (Phi) is 4.53. The van der Waals surface area contributed by atoms with Crippen LogP contribution < -0.4 is 5.32 Å². The molecular weight excluding hydrogens is 292 g/mol. The Hall–Kier alpha value is -0.0800. The van der Waals surface area contributed by atoms with Gasteiger partial charge in [0.15, 0.2) is 0 Å². The molecule has 2 atom stereocenters. The van der Waals surface area contributed by atoms with Crippen LogP contribution in [0.3, 0.4) is 0 Å². The highest BCUT2D eigenvalue weighted by Gasteiger charge is 2.59. The fourth-order valence-corrected chi connectivity index (χ4v) is 7.01. The van der Waals surface area contributed by atoms with Crippen LogP contribution in [0, 0.1) is 34.5 Å². The molecule has 0 radical (unpaired) electrons. The highest BCUT2D eigenvalue weighted by atomic mass is 15.2. The van der Waals surface area contributed by atoms with E-state index < -0.39 is 0 Å². The van der Waals surface area contributed by atoms with Crippen molar-refractivity contribution in [2.75, 3.05) is 26.2 Å². The Labute approximate surface area is 150 Å². The molecule has 138 valence electrons. The summed E-state index contributed by atoms with van der Waals surface area (Å²) in [6.45, 7) is 15.1.